The summed E-state index contributed by atoms with van der Waals surface area (Å²) in [5.74, 6) is 0.851. The highest BCUT2D eigenvalue weighted by Gasteiger charge is 2.20. The summed E-state index contributed by atoms with van der Waals surface area (Å²) < 4.78 is 5.22. The minimum Gasteiger partial charge on any atom is -0.497 e. The number of rotatable bonds is 2. The summed E-state index contributed by atoms with van der Waals surface area (Å²) in [4.78, 5) is 8.23. The van der Waals surface area contributed by atoms with Crippen molar-refractivity contribution >= 4 is 28.2 Å². The molecule has 3 nitrogen and oxygen atoms in total. The van der Waals surface area contributed by atoms with E-state index in [-0.39, 0.29) is 0 Å². The van der Waals surface area contributed by atoms with E-state index in [9.17, 15) is 0 Å². The predicted octanol–water partition coefficient (Wildman–Crippen LogP) is 4.22. The van der Waals surface area contributed by atoms with Crippen LogP contribution in [-0.2, 0) is 6.42 Å². The van der Waals surface area contributed by atoms with E-state index in [0.29, 0.717) is 0 Å². The van der Waals surface area contributed by atoms with Crippen LogP contribution in [0.1, 0.15) is 16.8 Å². The molecule has 0 aliphatic carbocycles. The molecule has 1 aliphatic heterocycles. The number of aliphatic imine (C=N–C) groups is 1. The number of ether oxygens (including phenoxy) is 1. The van der Waals surface area contributed by atoms with Crippen LogP contribution in [0.4, 0.5) is 0 Å². The molecule has 0 unspecified atom stereocenters. The summed E-state index contributed by atoms with van der Waals surface area (Å²) in [5, 5.41) is 1.96. The normalized spacial score (nSPS) is 13.8. The number of aromatic nitrogens is 1. The molecule has 1 aliphatic rings. The number of methoxy groups -OCH3 is 1. The van der Waals surface area contributed by atoms with Gasteiger partial charge in [0, 0.05) is 28.0 Å². The fourth-order valence-electron chi connectivity index (χ4n) is 3.02. The highest BCUT2D eigenvalue weighted by Crippen LogP contribution is 2.30. The van der Waals surface area contributed by atoms with E-state index in [1.807, 2.05) is 42.5 Å². The van der Waals surface area contributed by atoms with Crippen LogP contribution < -0.4 is 4.74 Å². The average molecular weight is 311 g/mol. The van der Waals surface area contributed by atoms with E-state index in [1.165, 1.54) is 10.9 Å². The van der Waals surface area contributed by atoms with E-state index in [2.05, 4.69) is 4.98 Å². The number of hydrogen-bond donors (Lipinski definition) is 1. The number of hydrogen-bond acceptors (Lipinski definition) is 2. The summed E-state index contributed by atoms with van der Waals surface area (Å²) in [7, 11) is 1.67. The van der Waals surface area contributed by atoms with Gasteiger partial charge in [-0.05, 0) is 54.4 Å². The maximum absolute atomic E-state index is 6.15. The lowest BCUT2D eigenvalue weighted by Crippen LogP contribution is -2.13. The first kappa shape index (κ1) is 13.4. The SMILES string of the molecule is COc1ccc(C2=NCCc3c2[nH]c2ccc(Cl)cc32)cc1. The third-order valence-corrected chi connectivity index (χ3v) is 4.34. The van der Waals surface area contributed by atoms with Crippen molar-refractivity contribution in [3.05, 3.63) is 64.3 Å². The minimum atomic E-state index is 0.766. The van der Waals surface area contributed by atoms with E-state index in [1.54, 1.807) is 7.11 Å². The van der Waals surface area contributed by atoms with Crippen molar-refractivity contribution in [3.63, 3.8) is 0 Å². The fraction of sp³-hybridized carbons (Fsp3) is 0.167. The molecule has 110 valence electrons. The zero-order valence-electron chi connectivity index (χ0n) is 12.2. The molecule has 1 aromatic heterocycles. The molecule has 4 heteroatoms. The average Bonchev–Trinajstić information content (AvgIpc) is 2.93. The second-order valence-corrected chi connectivity index (χ2v) is 5.81. The zero-order valence-corrected chi connectivity index (χ0v) is 12.9. The lowest BCUT2D eigenvalue weighted by atomic mass is 9.98. The Kier molecular flexibility index (Phi) is 3.16. The summed E-state index contributed by atoms with van der Waals surface area (Å²) in [6.45, 7) is 0.799. The predicted molar refractivity (Wildman–Crippen MR) is 90.5 cm³/mol. The molecule has 0 fully saturated rings. The highest BCUT2D eigenvalue weighted by molar-refractivity contribution is 6.31. The maximum Gasteiger partial charge on any atom is 0.118 e. The third kappa shape index (κ3) is 2.09. The van der Waals surface area contributed by atoms with Crippen LogP contribution in [0.3, 0.4) is 0 Å². The van der Waals surface area contributed by atoms with Crippen molar-refractivity contribution in [2.45, 2.75) is 6.42 Å². The quantitative estimate of drug-likeness (QED) is 0.756. The smallest absolute Gasteiger partial charge is 0.118 e. The molecule has 0 radical (unpaired) electrons. The lowest BCUT2D eigenvalue weighted by molar-refractivity contribution is 0.415. The van der Waals surface area contributed by atoms with Crippen LogP contribution in [-0.4, -0.2) is 24.4 Å². The molecule has 0 spiro atoms. The monoisotopic (exact) mass is 310 g/mol. The second kappa shape index (κ2) is 5.18. The van der Waals surface area contributed by atoms with Gasteiger partial charge in [0.05, 0.1) is 18.5 Å². The van der Waals surface area contributed by atoms with Gasteiger partial charge in [-0.3, -0.25) is 4.99 Å². The van der Waals surface area contributed by atoms with Crippen LogP contribution in [0.5, 0.6) is 5.75 Å². The first-order valence-electron chi connectivity index (χ1n) is 7.25. The number of aromatic amines is 1. The van der Waals surface area contributed by atoms with Gasteiger partial charge in [-0.1, -0.05) is 11.6 Å². The highest BCUT2D eigenvalue weighted by atomic mass is 35.5. The molecule has 3 aromatic rings. The van der Waals surface area contributed by atoms with E-state index in [4.69, 9.17) is 21.3 Å². The Morgan fingerprint density at radius 3 is 2.73 bits per heavy atom. The van der Waals surface area contributed by atoms with Crippen molar-refractivity contribution in [2.24, 2.45) is 4.99 Å². The molecule has 4 rings (SSSR count). The molecule has 2 heterocycles. The number of benzene rings is 2. The zero-order chi connectivity index (χ0) is 15.1. The van der Waals surface area contributed by atoms with Gasteiger partial charge < -0.3 is 9.72 Å². The van der Waals surface area contributed by atoms with Gasteiger partial charge in [0.1, 0.15) is 5.75 Å². The van der Waals surface area contributed by atoms with Crippen molar-refractivity contribution in [3.8, 4) is 5.75 Å². The first-order valence-corrected chi connectivity index (χ1v) is 7.63. The summed E-state index contributed by atoms with van der Waals surface area (Å²) >= 11 is 6.15. The van der Waals surface area contributed by atoms with Crippen LogP contribution in [0.25, 0.3) is 10.9 Å². The Balaban J connectivity index is 1.86. The molecule has 2 aromatic carbocycles. The molecular weight excluding hydrogens is 296 g/mol. The summed E-state index contributed by atoms with van der Waals surface area (Å²) in [5.41, 5.74) is 5.63. The Labute approximate surface area is 133 Å². The lowest BCUT2D eigenvalue weighted by Gasteiger charge is -2.14. The van der Waals surface area contributed by atoms with Crippen molar-refractivity contribution in [1.82, 2.24) is 4.98 Å². The molecule has 0 saturated carbocycles. The molecular formula is C18H15ClN2O. The Morgan fingerprint density at radius 1 is 1.14 bits per heavy atom. The van der Waals surface area contributed by atoms with Gasteiger partial charge >= 0.3 is 0 Å². The topological polar surface area (TPSA) is 37.4 Å². The number of fused-ring (bicyclic) bond motifs is 3. The molecule has 0 atom stereocenters. The summed E-state index contributed by atoms with van der Waals surface area (Å²) in [6, 6.07) is 14.0. The van der Waals surface area contributed by atoms with Gasteiger partial charge in [-0.2, -0.15) is 0 Å². The molecule has 22 heavy (non-hydrogen) atoms. The molecule has 1 N–H and O–H groups in total. The molecule has 0 amide bonds. The van der Waals surface area contributed by atoms with E-state index < -0.39 is 0 Å². The Hall–Kier alpha value is -2.26. The largest absolute Gasteiger partial charge is 0.497 e. The van der Waals surface area contributed by atoms with Gasteiger partial charge in [0.2, 0.25) is 0 Å². The number of nitrogens with one attached hydrogen (secondary N) is 1. The van der Waals surface area contributed by atoms with Gasteiger partial charge in [-0.25, -0.2) is 0 Å². The van der Waals surface area contributed by atoms with Crippen LogP contribution in [0.15, 0.2) is 47.5 Å². The molecule has 0 bridgehead atoms. The van der Waals surface area contributed by atoms with E-state index >= 15 is 0 Å². The van der Waals surface area contributed by atoms with E-state index in [0.717, 1.165) is 46.2 Å². The summed E-state index contributed by atoms with van der Waals surface area (Å²) in [6.07, 6.45) is 0.940. The van der Waals surface area contributed by atoms with Crippen molar-refractivity contribution < 1.29 is 4.74 Å². The van der Waals surface area contributed by atoms with Crippen LogP contribution in [0.2, 0.25) is 5.02 Å². The van der Waals surface area contributed by atoms with Gasteiger partial charge in [-0.15, -0.1) is 0 Å². The fourth-order valence-corrected chi connectivity index (χ4v) is 3.20. The standard InChI is InChI=1S/C18H15ClN2O/c1-22-13-5-2-11(3-6-13)17-18-14(8-9-20-17)15-10-12(19)4-7-16(15)21-18/h2-7,10,21H,8-9H2,1H3. The third-order valence-electron chi connectivity index (χ3n) is 4.10. The van der Waals surface area contributed by atoms with Gasteiger partial charge in [0.25, 0.3) is 0 Å². The van der Waals surface area contributed by atoms with Crippen molar-refractivity contribution in [2.75, 3.05) is 13.7 Å². The Morgan fingerprint density at radius 2 is 1.95 bits per heavy atom. The minimum absolute atomic E-state index is 0.766. The van der Waals surface area contributed by atoms with Crippen LogP contribution >= 0.6 is 11.6 Å². The second-order valence-electron chi connectivity index (χ2n) is 5.38. The van der Waals surface area contributed by atoms with Gasteiger partial charge in [0.15, 0.2) is 0 Å². The number of halogens is 1. The first-order chi connectivity index (χ1) is 10.8. The number of nitrogens with zero attached hydrogens (tertiary/aromatic N) is 1. The number of H-pyrrole nitrogens is 1. The van der Waals surface area contributed by atoms with Crippen LogP contribution in [0, 0.1) is 0 Å². The molecule has 0 saturated heterocycles. The Bertz CT molecular complexity index is 878. The van der Waals surface area contributed by atoms with Crippen molar-refractivity contribution in [1.29, 1.82) is 0 Å². The maximum atomic E-state index is 6.15.